The van der Waals surface area contributed by atoms with E-state index in [9.17, 15) is 5.11 Å². The Hall–Kier alpha value is -1.48. The molecular weight excluding hydrogens is 180 g/mol. The molecule has 0 bridgehead atoms. The van der Waals surface area contributed by atoms with Crippen molar-refractivity contribution in [3.05, 3.63) is 36.4 Å². The van der Waals surface area contributed by atoms with Crippen LogP contribution in [0.5, 0.6) is 11.5 Å². The van der Waals surface area contributed by atoms with Crippen LogP contribution in [0.1, 0.15) is 11.7 Å². The first-order chi connectivity index (χ1) is 6.83. The number of aliphatic hydroxyl groups is 1. The molecule has 1 heterocycles. The van der Waals surface area contributed by atoms with Crippen LogP contribution in [0.15, 0.2) is 30.9 Å². The smallest absolute Gasteiger partial charge is 0.167 e. The van der Waals surface area contributed by atoms with Crippen LogP contribution in [0.3, 0.4) is 0 Å². The van der Waals surface area contributed by atoms with Gasteiger partial charge < -0.3 is 14.6 Å². The van der Waals surface area contributed by atoms with E-state index in [4.69, 9.17) is 9.47 Å². The summed E-state index contributed by atoms with van der Waals surface area (Å²) in [5.41, 5.74) is 0.706. The van der Waals surface area contributed by atoms with Gasteiger partial charge in [-0.3, -0.25) is 0 Å². The Morgan fingerprint density at radius 3 is 2.93 bits per heavy atom. The molecule has 74 valence electrons. The minimum atomic E-state index is -0.702. The van der Waals surface area contributed by atoms with Crippen molar-refractivity contribution in [2.75, 3.05) is 13.2 Å². The Morgan fingerprint density at radius 2 is 2.14 bits per heavy atom. The monoisotopic (exact) mass is 192 g/mol. The fourth-order valence-corrected chi connectivity index (χ4v) is 1.46. The van der Waals surface area contributed by atoms with Crippen molar-refractivity contribution in [1.82, 2.24) is 0 Å². The van der Waals surface area contributed by atoms with Gasteiger partial charge in [0, 0.05) is 5.56 Å². The highest BCUT2D eigenvalue weighted by Crippen LogP contribution is 2.36. The largest absolute Gasteiger partial charge is 0.486 e. The van der Waals surface area contributed by atoms with Crippen molar-refractivity contribution >= 4 is 0 Å². The van der Waals surface area contributed by atoms with Crippen molar-refractivity contribution in [2.45, 2.75) is 6.10 Å². The summed E-state index contributed by atoms with van der Waals surface area (Å²) in [7, 11) is 0. The fraction of sp³-hybridized carbons (Fsp3) is 0.273. The van der Waals surface area contributed by atoms with Gasteiger partial charge >= 0.3 is 0 Å². The zero-order valence-corrected chi connectivity index (χ0v) is 7.77. The molecule has 1 aromatic rings. The van der Waals surface area contributed by atoms with Crippen LogP contribution >= 0.6 is 0 Å². The molecule has 0 fully saturated rings. The second-order valence-electron chi connectivity index (χ2n) is 3.05. The third-order valence-electron chi connectivity index (χ3n) is 2.14. The molecule has 0 aromatic heterocycles. The van der Waals surface area contributed by atoms with E-state index < -0.39 is 6.10 Å². The van der Waals surface area contributed by atoms with Crippen LogP contribution in [-0.2, 0) is 0 Å². The highest BCUT2D eigenvalue weighted by atomic mass is 16.6. The molecule has 0 spiro atoms. The van der Waals surface area contributed by atoms with Crippen molar-refractivity contribution in [2.24, 2.45) is 0 Å². The normalized spacial score (nSPS) is 16.1. The van der Waals surface area contributed by atoms with E-state index in [1.807, 2.05) is 12.1 Å². The average Bonchev–Trinajstić information content (AvgIpc) is 2.27. The molecule has 1 aliphatic heterocycles. The molecule has 1 aromatic carbocycles. The van der Waals surface area contributed by atoms with Gasteiger partial charge in [-0.1, -0.05) is 18.2 Å². The van der Waals surface area contributed by atoms with Gasteiger partial charge in [-0.15, -0.1) is 6.58 Å². The summed E-state index contributed by atoms with van der Waals surface area (Å²) in [5, 5.41) is 9.63. The van der Waals surface area contributed by atoms with E-state index in [2.05, 4.69) is 6.58 Å². The van der Waals surface area contributed by atoms with Crippen LogP contribution in [0.2, 0.25) is 0 Å². The zero-order chi connectivity index (χ0) is 9.97. The number of para-hydroxylation sites is 1. The molecule has 3 heteroatoms. The fourth-order valence-electron chi connectivity index (χ4n) is 1.46. The molecule has 2 rings (SSSR count). The molecule has 14 heavy (non-hydrogen) atoms. The van der Waals surface area contributed by atoms with Gasteiger partial charge in [0.1, 0.15) is 19.3 Å². The minimum Gasteiger partial charge on any atom is -0.486 e. The maximum atomic E-state index is 9.63. The molecule has 0 saturated carbocycles. The van der Waals surface area contributed by atoms with Gasteiger partial charge in [-0.05, 0) is 6.07 Å². The van der Waals surface area contributed by atoms with Gasteiger partial charge in [0.15, 0.2) is 11.5 Å². The Morgan fingerprint density at radius 1 is 1.36 bits per heavy atom. The first kappa shape index (κ1) is 9.09. The number of ether oxygens (including phenoxy) is 2. The van der Waals surface area contributed by atoms with Gasteiger partial charge in [0.2, 0.25) is 0 Å². The van der Waals surface area contributed by atoms with Crippen molar-refractivity contribution in [3.63, 3.8) is 0 Å². The molecule has 0 amide bonds. The molecule has 1 atom stereocenters. The Bertz CT molecular complexity index is 346. The van der Waals surface area contributed by atoms with Gasteiger partial charge in [-0.2, -0.15) is 0 Å². The lowest BCUT2D eigenvalue weighted by Crippen LogP contribution is -2.17. The molecule has 1 aliphatic rings. The van der Waals surface area contributed by atoms with E-state index in [1.54, 1.807) is 6.07 Å². The summed E-state index contributed by atoms with van der Waals surface area (Å²) >= 11 is 0. The second kappa shape index (κ2) is 3.72. The van der Waals surface area contributed by atoms with E-state index >= 15 is 0 Å². The lowest BCUT2D eigenvalue weighted by Gasteiger charge is -2.21. The minimum absolute atomic E-state index is 0.522. The average molecular weight is 192 g/mol. The maximum absolute atomic E-state index is 9.63. The quantitative estimate of drug-likeness (QED) is 0.724. The number of benzene rings is 1. The number of aliphatic hydroxyl groups excluding tert-OH is 1. The van der Waals surface area contributed by atoms with Crippen LogP contribution in [0.25, 0.3) is 0 Å². The van der Waals surface area contributed by atoms with Crippen LogP contribution in [-0.4, -0.2) is 18.3 Å². The summed E-state index contributed by atoms with van der Waals surface area (Å²) in [6.45, 7) is 4.62. The molecule has 0 radical (unpaired) electrons. The molecule has 3 nitrogen and oxygen atoms in total. The Kier molecular flexibility index (Phi) is 2.41. The topological polar surface area (TPSA) is 38.7 Å². The van der Waals surface area contributed by atoms with Gasteiger partial charge in [-0.25, -0.2) is 0 Å². The third kappa shape index (κ3) is 1.46. The van der Waals surface area contributed by atoms with Gasteiger partial charge in [0.05, 0.1) is 0 Å². The number of hydrogen-bond donors (Lipinski definition) is 1. The summed E-state index contributed by atoms with van der Waals surface area (Å²) < 4.78 is 10.8. The molecule has 1 unspecified atom stereocenters. The van der Waals surface area contributed by atoms with E-state index in [0.717, 1.165) is 0 Å². The lowest BCUT2D eigenvalue weighted by atomic mass is 10.1. The standard InChI is InChI=1S/C11H12O3/c1-2-9(12)8-4-3-5-10-11(8)14-7-6-13-10/h2-5,9,12H,1,6-7H2. The third-order valence-corrected chi connectivity index (χ3v) is 2.14. The van der Waals surface area contributed by atoms with E-state index in [0.29, 0.717) is 30.3 Å². The second-order valence-corrected chi connectivity index (χ2v) is 3.05. The highest BCUT2D eigenvalue weighted by molar-refractivity contribution is 5.49. The highest BCUT2D eigenvalue weighted by Gasteiger charge is 2.18. The van der Waals surface area contributed by atoms with E-state index in [1.165, 1.54) is 6.08 Å². The van der Waals surface area contributed by atoms with Crippen molar-refractivity contribution < 1.29 is 14.6 Å². The number of rotatable bonds is 2. The number of hydrogen-bond acceptors (Lipinski definition) is 3. The summed E-state index contributed by atoms with van der Waals surface area (Å²) in [6, 6.07) is 5.46. The maximum Gasteiger partial charge on any atom is 0.167 e. The SMILES string of the molecule is C=CC(O)c1cccc2c1OCCO2. The van der Waals surface area contributed by atoms with Crippen LogP contribution in [0.4, 0.5) is 0 Å². The van der Waals surface area contributed by atoms with E-state index in [-0.39, 0.29) is 0 Å². The van der Waals surface area contributed by atoms with Crippen molar-refractivity contribution in [3.8, 4) is 11.5 Å². The summed E-state index contributed by atoms with van der Waals surface area (Å²) in [6.07, 6.45) is 0.764. The number of fused-ring (bicyclic) bond motifs is 1. The summed E-state index contributed by atoms with van der Waals surface area (Å²) in [4.78, 5) is 0. The molecule has 1 N–H and O–H groups in total. The van der Waals surface area contributed by atoms with Crippen molar-refractivity contribution in [1.29, 1.82) is 0 Å². The predicted molar refractivity (Wildman–Crippen MR) is 52.6 cm³/mol. The Labute approximate surface area is 82.6 Å². The zero-order valence-electron chi connectivity index (χ0n) is 7.77. The molecule has 0 saturated heterocycles. The predicted octanol–water partition coefficient (Wildman–Crippen LogP) is 1.68. The van der Waals surface area contributed by atoms with Crippen LogP contribution in [0, 0.1) is 0 Å². The summed E-state index contributed by atoms with van der Waals surface area (Å²) in [5.74, 6) is 1.32. The molecular formula is C11H12O3. The first-order valence-corrected chi connectivity index (χ1v) is 4.52. The van der Waals surface area contributed by atoms with Gasteiger partial charge in [0.25, 0.3) is 0 Å². The first-order valence-electron chi connectivity index (χ1n) is 4.52. The van der Waals surface area contributed by atoms with Crippen LogP contribution < -0.4 is 9.47 Å². The Balaban J connectivity index is 2.44. The molecule has 0 aliphatic carbocycles. The lowest BCUT2D eigenvalue weighted by molar-refractivity contribution is 0.160.